The molecule has 8 heteroatoms. The molecule has 1 atom stereocenters. The van der Waals surface area contributed by atoms with Crippen LogP contribution < -0.4 is 4.90 Å². The first-order valence-electron chi connectivity index (χ1n) is 10.0. The van der Waals surface area contributed by atoms with E-state index in [1.165, 1.54) is 12.0 Å². The lowest BCUT2D eigenvalue weighted by molar-refractivity contribution is -0.153. The molecule has 1 unspecified atom stereocenters. The highest BCUT2D eigenvalue weighted by Crippen LogP contribution is 2.24. The first-order valence-corrected chi connectivity index (χ1v) is 10.0. The van der Waals surface area contributed by atoms with E-state index in [1.807, 2.05) is 54.1 Å². The first kappa shape index (κ1) is 22.3. The van der Waals surface area contributed by atoms with Crippen molar-refractivity contribution in [3.05, 3.63) is 59.9 Å². The highest BCUT2D eigenvalue weighted by atomic mass is 16.5. The first-order chi connectivity index (χ1) is 14.8. The number of benzene rings is 2. The van der Waals surface area contributed by atoms with Crippen LogP contribution in [0.3, 0.4) is 0 Å². The van der Waals surface area contributed by atoms with Crippen molar-refractivity contribution >= 4 is 28.8 Å². The van der Waals surface area contributed by atoms with E-state index in [0.29, 0.717) is 5.69 Å². The van der Waals surface area contributed by atoms with Crippen molar-refractivity contribution in [1.82, 2.24) is 9.55 Å². The van der Waals surface area contributed by atoms with Gasteiger partial charge in [-0.15, -0.1) is 0 Å². The van der Waals surface area contributed by atoms with Crippen molar-refractivity contribution in [2.75, 3.05) is 12.0 Å². The summed E-state index contributed by atoms with van der Waals surface area (Å²) in [6.07, 6.45) is 0.345. The molecule has 0 spiro atoms. The third kappa shape index (κ3) is 5.40. The van der Waals surface area contributed by atoms with Crippen molar-refractivity contribution in [3.8, 4) is 0 Å². The lowest BCUT2D eigenvalue weighted by atomic mass is 10.0. The van der Waals surface area contributed by atoms with E-state index >= 15 is 0 Å². The number of aryl methyl sites for hydroxylation is 1. The number of imidazole rings is 1. The summed E-state index contributed by atoms with van der Waals surface area (Å²) in [7, 11) is 3.23. The molecule has 3 aromatic rings. The Kier molecular flexibility index (Phi) is 6.91. The average molecular weight is 425 g/mol. The second kappa shape index (κ2) is 9.61. The minimum Gasteiger partial charge on any atom is -0.479 e. The standard InChI is InChI=1S/C23H27N3O5/c1-15(2)31-21(22(27)28)11-16-6-5-7-17(10-16)13-26(23(29)30-4)18-8-9-19-20(12-18)25(3)14-24-19/h5-10,12,14-15,21H,11,13H2,1-4H3,(H,27,28). The zero-order valence-electron chi connectivity index (χ0n) is 18.1. The molecule has 0 aliphatic heterocycles. The van der Waals surface area contributed by atoms with Gasteiger partial charge < -0.3 is 19.1 Å². The molecule has 1 amide bonds. The highest BCUT2D eigenvalue weighted by Gasteiger charge is 2.21. The van der Waals surface area contributed by atoms with Crippen molar-refractivity contribution in [3.63, 3.8) is 0 Å². The Labute approximate surface area is 181 Å². The fraction of sp³-hybridized carbons (Fsp3) is 0.348. The van der Waals surface area contributed by atoms with Crippen LogP contribution >= 0.6 is 0 Å². The molecule has 8 nitrogen and oxygen atoms in total. The molecule has 0 saturated heterocycles. The minimum atomic E-state index is -1.00. The predicted octanol–water partition coefficient (Wildman–Crippen LogP) is 3.77. The molecule has 0 aliphatic rings. The SMILES string of the molecule is COC(=O)N(Cc1cccc(CC(OC(C)C)C(=O)O)c1)c1ccc2ncn(C)c2c1. The molecule has 1 heterocycles. The van der Waals surface area contributed by atoms with Crippen LogP contribution in [0.4, 0.5) is 10.5 Å². The highest BCUT2D eigenvalue weighted by molar-refractivity contribution is 5.91. The van der Waals surface area contributed by atoms with E-state index in [1.54, 1.807) is 20.2 Å². The van der Waals surface area contributed by atoms with Gasteiger partial charge >= 0.3 is 12.1 Å². The molecule has 0 bridgehead atoms. The zero-order valence-corrected chi connectivity index (χ0v) is 18.1. The Morgan fingerprint density at radius 2 is 1.90 bits per heavy atom. The van der Waals surface area contributed by atoms with Gasteiger partial charge in [-0.3, -0.25) is 4.90 Å². The second-order valence-corrected chi connectivity index (χ2v) is 7.62. The van der Waals surface area contributed by atoms with Crippen LogP contribution in [0.2, 0.25) is 0 Å². The van der Waals surface area contributed by atoms with Crippen molar-refractivity contribution in [2.45, 2.75) is 39.0 Å². The molecular weight excluding hydrogens is 398 g/mol. The lowest BCUT2D eigenvalue weighted by Gasteiger charge is -2.22. The molecule has 164 valence electrons. The van der Waals surface area contributed by atoms with E-state index in [4.69, 9.17) is 9.47 Å². The Hall–Kier alpha value is -3.39. The molecule has 1 aromatic heterocycles. The van der Waals surface area contributed by atoms with Crippen LogP contribution in [-0.2, 0) is 34.3 Å². The number of amides is 1. The van der Waals surface area contributed by atoms with Crippen LogP contribution in [0.5, 0.6) is 0 Å². The monoisotopic (exact) mass is 425 g/mol. The Balaban J connectivity index is 1.86. The van der Waals surface area contributed by atoms with Gasteiger partial charge in [-0.1, -0.05) is 24.3 Å². The van der Waals surface area contributed by atoms with Crippen LogP contribution in [0.1, 0.15) is 25.0 Å². The maximum Gasteiger partial charge on any atom is 0.414 e. The third-order valence-electron chi connectivity index (χ3n) is 4.88. The van der Waals surface area contributed by atoms with E-state index in [2.05, 4.69) is 4.98 Å². The summed E-state index contributed by atoms with van der Waals surface area (Å²) in [6, 6.07) is 13.1. The normalized spacial score (nSPS) is 12.2. The summed E-state index contributed by atoms with van der Waals surface area (Å²) < 4.78 is 12.4. The van der Waals surface area contributed by atoms with Gasteiger partial charge in [0, 0.05) is 19.2 Å². The van der Waals surface area contributed by atoms with Crippen LogP contribution in [0.25, 0.3) is 11.0 Å². The minimum absolute atomic E-state index is 0.194. The number of ether oxygens (including phenoxy) is 2. The molecule has 0 radical (unpaired) electrons. The summed E-state index contributed by atoms with van der Waals surface area (Å²) in [4.78, 5) is 29.9. The predicted molar refractivity (Wildman–Crippen MR) is 117 cm³/mol. The number of aromatic nitrogens is 2. The molecule has 31 heavy (non-hydrogen) atoms. The van der Waals surface area contributed by atoms with Crippen LogP contribution in [0, 0.1) is 0 Å². The second-order valence-electron chi connectivity index (χ2n) is 7.62. The summed E-state index contributed by atoms with van der Waals surface area (Å²) in [5.74, 6) is -1.00. The van der Waals surface area contributed by atoms with Crippen molar-refractivity contribution in [2.24, 2.45) is 7.05 Å². The van der Waals surface area contributed by atoms with Gasteiger partial charge in [0.15, 0.2) is 6.10 Å². The number of nitrogens with zero attached hydrogens (tertiary/aromatic N) is 3. The molecule has 1 N–H and O–H groups in total. The maximum atomic E-state index is 12.5. The van der Waals surface area contributed by atoms with Crippen molar-refractivity contribution in [1.29, 1.82) is 0 Å². The molecule has 0 fully saturated rings. The number of carbonyl (C=O) groups excluding carboxylic acids is 1. The number of carboxylic acid groups (broad SMARTS) is 1. The number of methoxy groups -OCH3 is 1. The van der Waals surface area contributed by atoms with Crippen molar-refractivity contribution < 1.29 is 24.2 Å². The number of hydrogen-bond acceptors (Lipinski definition) is 5. The number of carbonyl (C=O) groups is 2. The average Bonchev–Trinajstić information content (AvgIpc) is 3.11. The molecule has 3 rings (SSSR count). The van der Waals surface area contributed by atoms with E-state index < -0.39 is 18.2 Å². The quantitative estimate of drug-likeness (QED) is 0.591. The van der Waals surface area contributed by atoms with Gasteiger partial charge in [-0.25, -0.2) is 14.6 Å². The zero-order chi connectivity index (χ0) is 22.5. The van der Waals surface area contributed by atoms with E-state index in [0.717, 1.165) is 22.2 Å². The number of aliphatic carboxylic acids is 1. The molecular formula is C23H27N3O5. The van der Waals surface area contributed by atoms with E-state index in [-0.39, 0.29) is 19.1 Å². The van der Waals surface area contributed by atoms with Gasteiger partial charge in [-0.05, 0) is 43.2 Å². The van der Waals surface area contributed by atoms with Gasteiger partial charge in [0.2, 0.25) is 0 Å². The number of fused-ring (bicyclic) bond motifs is 1. The number of anilines is 1. The van der Waals surface area contributed by atoms with E-state index in [9.17, 15) is 14.7 Å². The maximum absolute atomic E-state index is 12.5. The molecule has 0 aliphatic carbocycles. The summed E-state index contributed by atoms with van der Waals surface area (Å²) >= 11 is 0. The Morgan fingerprint density at radius 1 is 1.16 bits per heavy atom. The topological polar surface area (TPSA) is 93.9 Å². The largest absolute Gasteiger partial charge is 0.479 e. The smallest absolute Gasteiger partial charge is 0.414 e. The molecule has 2 aromatic carbocycles. The lowest BCUT2D eigenvalue weighted by Crippen LogP contribution is -2.30. The summed E-state index contributed by atoms with van der Waals surface area (Å²) in [5.41, 5.74) is 4.08. The molecule has 0 saturated carbocycles. The number of carboxylic acids is 1. The van der Waals surface area contributed by atoms with Gasteiger partial charge in [-0.2, -0.15) is 0 Å². The van der Waals surface area contributed by atoms with Crippen LogP contribution in [0.15, 0.2) is 48.8 Å². The fourth-order valence-corrected chi connectivity index (χ4v) is 3.43. The number of rotatable bonds is 8. The summed E-state index contributed by atoms with van der Waals surface area (Å²) in [5, 5.41) is 9.44. The Bertz CT molecular complexity index is 1080. The number of hydrogen-bond donors (Lipinski definition) is 1. The van der Waals surface area contributed by atoms with Gasteiger partial charge in [0.1, 0.15) is 0 Å². The van der Waals surface area contributed by atoms with Gasteiger partial charge in [0.25, 0.3) is 0 Å². The Morgan fingerprint density at radius 3 is 2.58 bits per heavy atom. The fourth-order valence-electron chi connectivity index (χ4n) is 3.43. The van der Waals surface area contributed by atoms with Crippen LogP contribution in [-0.4, -0.2) is 46.0 Å². The van der Waals surface area contributed by atoms with Gasteiger partial charge in [0.05, 0.1) is 37.1 Å². The summed E-state index contributed by atoms with van der Waals surface area (Å²) in [6.45, 7) is 3.88. The third-order valence-corrected chi connectivity index (χ3v) is 4.88.